The molecule has 0 saturated heterocycles. The molecule has 0 aliphatic heterocycles. The van der Waals surface area contributed by atoms with Crippen LogP contribution in [0.3, 0.4) is 0 Å². The number of hydrogen-bond donors (Lipinski definition) is 1. The molecule has 0 radical (unpaired) electrons. The Hall–Kier alpha value is -1.89. The van der Waals surface area contributed by atoms with Crippen molar-refractivity contribution in [3.05, 3.63) is 47.9 Å². The van der Waals surface area contributed by atoms with E-state index in [2.05, 4.69) is 5.10 Å². The lowest BCUT2D eigenvalue weighted by Crippen LogP contribution is -2.15. The van der Waals surface area contributed by atoms with Gasteiger partial charge < -0.3 is 5.73 Å². The van der Waals surface area contributed by atoms with E-state index < -0.39 is 15.8 Å². The number of anilines is 1. The molecule has 0 bridgehead atoms. The number of benzene rings is 1. The van der Waals surface area contributed by atoms with Crippen LogP contribution < -0.4 is 5.73 Å². The first kappa shape index (κ1) is 11.6. The largest absolute Gasteiger partial charge is 0.382 e. The molecule has 1 aromatic carbocycles. The number of nitrogens with zero attached hydrogens (tertiary/aromatic N) is 2. The topological polar surface area (TPSA) is 78.0 Å². The number of rotatable bonds is 3. The predicted octanol–water partition coefficient (Wildman–Crippen LogP) is 0.983. The number of aromatic nitrogens is 2. The van der Waals surface area contributed by atoms with E-state index in [0.29, 0.717) is 5.56 Å². The van der Waals surface area contributed by atoms with Gasteiger partial charge in [-0.05, 0) is 17.7 Å². The van der Waals surface area contributed by atoms with Crippen LogP contribution in [0.1, 0.15) is 5.56 Å². The van der Waals surface area contributed by atoms with Gasteiger partial charge in [0.05, 0.1) is 5.75 Å². The predicted molar refractivity (Wildman–Crippen MR) is 61.1 cm³/mol. The van der Waals surface area contributed by atoms with Crippen molar-refractivity contribution < 1.29 is 12.8 Å². The maximum absolute atomic E-state index is 12.7. The minimum atomic E-state index is -3.60. The number of halogens is 1. The van der Waals surface area contributed by atoms with Crippen LogP contribution in [0.15, 0.2) is 36.5 Å². The van der Waals surface area contributed by atoms with E-state index in [1.807, 2.05) is 0 Å². The average molecular weight is 255 g/mol. The van der Waals surface area contributed by atoms with Gasteiger partial charge in [-0.15, -0.1) is 5.10 Å². The Morgan fingerprint density at radius 2 is 1.88 bits per heavy atom. The molecule has 0 aliphatic rings. The molecule has 7 heteroatoms. The second-order valence-corrected chi connectivity index (χ2v) is 5.32. The Balaban J connectivity index is 2.26. The van der Waals surface area contributed by atoms with E-state index in [0.717, 1.165) is 4.09 Å². The van der Waals surface area contributed by atoms with Crippen LogP contribution in [-0.2, 0) is 15.8 Å². The Morgan fingerprint density at radius 1 is 1.24 bits per heavy atom. The van der Waals surface area contributed by atoms with Crippen LogP contribution >= 0.6 is 0 Å². The Labute approximate surface area is 97.7 Å². The molecular weight excluding hydrogens is 245 g/mol. The summed E-state index contributed by atoms with van der Waals surface area (Å²) in [5.74, 6) is -0.531. The summed E-state index contributed by atoms with van der Waals surface area (Å²) < 4.78 is 37.2. The highest BCUT2D eigenvalue weighted by Gasteiger charge is 2.15. The third-order valence-electron chi connectivity index (χ3n) is 2.13. The van der Waals surface area contributed by atoms with E-state index in [4.69, 9.17) is 5.73 Å². The minimum Gasteiger partial charge on any atom is -0.382 e. The van der Waals surface area contributed by atoms with E-state index in [-0.39, 0.29) is 11.6 Å². The van der Waals surface area contributed by atoms with Crippen molar-refractivity contribution in [3.63, 3.8) is 0 Å². The molecule has 0 fully saturated rings. The zero-order chi connectivity index (χ0) is 12.5. The molecule has 0 amide bonds. The van der Waals surface area contributed by atoms with Crippen molar-refractivity contribution in [3.8, 4) is 0 Å². The zero-order valence-corrected chi connectivity index (χ0v) is 9.56. The normalized spacial score (nSPS) is 11.6. The summed E-state index contributed by atoms with van der Waals surface area (Å²) in [4.78, 5) is 0. The first-order valence-electron chi connectivity index (χ1n) is 4.76. The molecule has 2 aromatic rings. The van der Waals surface area contributed by atoms with Crippen LogP contribution in [0.25, 0.3) is 0 Å². The van der Waals surface area contributed by atoms with E-state index in [1.165, 1.54) is 36.5 Å². The van der Waals surface area contributed by atoms with Gasteiger partial charge in [0.15, 0.2) is 0 Å². The van der Waals surface area contributed by atoms with Crippen molar-refractivity contribution >= 4 is 15.8 Å². The molecule has 2 N–H and O–H groups in total. The molecule has 0 aliphatic carbocycles. The van der Waals surface area contributed by atoms with Gasteiger partial charge in [0.25, 0.3) is 10.0 Å². The Kier molecular flexibility index (Phi) is 2.84. The first-order valence-corrected chi connectivity index (χ1v) is 6.37. The third-order valence-corrected chi connectivity index (χ3v) is 3.61. The van der Waals surface area contributed by atoms with Crippen molar-refractivity contribution in [2.24, 2.45) is 0 Å². The van der Waals surface area contributed by atoms with Gasteiger partial charge in [0.2, 0.25) is 0 Å². The van der Waals surface area contributed by atoms with Crippen molar-refractivity contribution in [1.82, 2.24) is 9.19 Å². The quantitative estimate of drug-likeness (QED) is 0.886. The van der Waals surface area contributed by atoms with E-state index >= 15 is 0 Å². The number of nitrogen functional groups attached to an aromatic ring is 1. The van der Waals surface area contributed by atoms with Crippen LogP contribution in [0.5, 0.6) is 0 Å². The standard InChI is InChI=1S/C10H10FN3O2S/c11-9-3-1-8(2-4-9)7-17(15,16)14-6-5-10(12)13-14/h1-6H,7H2,(H2,12,13). The molecule has 0 saturated carbocycles. The van der Waals surface area contributed by atoms with Gasteiger partial charge in [0, 0.05) is 12.3 Å². The summed E-state index contributed by atoms with van der Waals surface area (Å²) >= 11 is 0. The van der Waals surface area contributed by atoms with E-state index in [1.54, 1.807) is 0 Å². The summed E-state index contributed by atoms with van der Waals surface area (Å²) in [6.07, 6.45) is 1.27. The number of hydrogen-bond acceptors (Lipinski definition) is 4. The molecule has 5 nitrogen and oxygen atoms in total. The molecule has 90 valence electrons. The van der Waals surface area contributed by atoms with Crippen LogP contribution in [0.4, 0.5) is 10.2 Å². The molecule has 2 rings (SSSR count). The minimum absolute atomic E-state index is 0.132. The van der Waals surface area contributed by atoms with Gasteiger partial charge in [0.1, 0.15) is 11.6 Å². The highest BCUT2D eigenvalue weighted by Crippen LogP contribution is 2.10. The second kappa shape index (κ2) is 4.17. The lowest BCUT2D eigenvalue weighted by atomic mass is 10.2. The maximum Gasteiger partial charge on any atom is 0.258 e. The summed E-state index contributed by atoms with van der Waals surface area (Å²) in [5.41, 5.74) is 5.83. The van der Waals surface area contributed by atoms with Crippen molar-refractivity contribution in [1.29, 1.82) is 0 Å². The second-order valence-electron chi connectivity index (χ2n) is 3.50. The van der Waals surface area contributed by atoms with Gasteiger partial charge >= 0.3 is 0 Å². The summed E-state index contributed by atoms with van der Waals surface area (Å²) in [5, 5.41) is 3.63. The fraction of sp³-hybridized carbons (Fsp3) is 0.100. The molecule has 1 aromatic heterocycles. The molecule has 0 spiro atoms. The van der Waals surface area contributed by atoms with Gasteiger partial charge in [-0.25, -0.2) is 12.8 Å². The SMILES string of the molecule is Nc1ccn(S(=O)(=O)Cc2ccc(F)cc2)n1. The lowest BCUT2D eigenvalue weighted by molar-refractivity contribution is 0.579. The zero-order valence-electron chi connectivity index (χ0n) is 8.75. The van der Waals surface area contributed by atoms with Crippen LogP contribution in [0, 0.1) is 5.82 Å². The van der Waals surface area contributed by atoms with Gasteiger partial charge in [-0.2, -0.15) is 4.09 Å². The van der Waals surface area contributed by atoms with E-state index in [9.17, 15) is 12.8 Å². The smallest absolute Gasteiger partial charge is 0.258 e. The van der Waals surface area contributed by atoms with Crippen molar-refractivity contribution in [2.75, 3.05) is 5.73 Å². The number of nitrogens with two attached hydrogens (primary N) is 1. The first-order chi connectivity index (χ1) is 7.97. The third kappa shape index (κ3) is 2.62. The van der Waals surface area contributed by atoms with Gasteiger partial charge in [-0.1, -0.05) is 12.1 Å². The van der Waals surface area contributed by atoms with Crippen LogP contribution in [0.2, 0.25) is 0 Å². The fourth-order valence-corrected chi connectivity index (χ4v) is 2.54. The lowest BCUT2D eigenvalue weighted by Gasteiger charge is -2.04. The Bertz CT molecular complexity index is 619. The molecule has 17 heavy (non-hydrogen) atoms. The molecule has 0 unspecified atom stereocenters. The molecule has 0 atom stereocenters. The summed E-state index contributed by atoms with van der Waals surface area (Å²) in [6.45, 7) is 0. The summed E-state index contributed by atoms with van der Waals surface area (Å²) in [6, 6.07) is 6.65. The highest BCUT2D eigenvalue weighted by molar-refractivity contribution is 7.89. The monoisotopic (exact) mass is 255 g/mol. The maximum atomic E-state index is 12.7. The molecule has 1 heterocycles. The molecular formula is C10H10FN3O2S. The van der Waals surface area contributed by atoms with Gasteiger partial charge in [-0.3, -0.25) is 0 Å². The van der Waals surface area contributed by atoms with Crippen LogP contribution in [-0.4, -0.2) is 17.6 Å². The van der Waals surface area contributed by atoms with Crippen molar-refractivity contribution in [2.45, 2.75) is 5.75 Å². The average Bonchev–Trinajstić information content (AvgIpc) is 2.69. The Morgan fingerprint density at radius 3 is 2.41 bits per heavy atom. The highest BCUT2D eigenvalue weighted by atomic mass is 32.2. The summed E-state index contributed by atoms with van der Waals surface area (Å²) in [7, 11) is -3.60. The fourth-order valence-electron chi connectivity index (χ4n) is 1.33.